The number of ether oxygens (including phenoxy) is 1. The highest BCUT2D eigenvalue weighted by Gasteiger charge is 2.19. The average molecular weight is 288 g/mol. The molecule has 0 saturated carbocycles. The summed E-state index contributed by atoms with van der Waals surface area (Å²) < 4.78 is 5.17. The van der Waals surface area contributed by atoms with Crippen LogP contribution in [0.15, 0.2) is 30.5 Å². The molecule has 7 heteroatoms. The van der Waals surface area contributed by atoms with Crippen molar-refractivity contribution in [2.24, 2.45) is 0 Å². The van der Waals surface area contributed by atoms with E-state index in [4.69, 9.17) is 4.74 Å². The molecular weight excluding hydrogens is 276 g/mol. The van der Waals surface area contributed by atoms with E-state index >= 15 is 0 Å². The molecule has 1 aromatic heterocycles. The fraction of sp³-hybridized carbons (Fsp3) is 0.143. The lowest BCUT2D eigenvalue weighted by Gasteiger charge is -2.11. The van der Waals surface area contributed by atoms with E-state index in [0.29, 0.717) is 22.6 Å². The van der Waals surface area contributed by atoms with Crippen LogP contribution >= 0.6 is 0 Å². The summed E-state index contributed by atoms with van der Waals surface area (Å²) >= 11 is 0. The van der Waals surface area contributed by atoms with Gasteiger partial charge in [0.1, 0.15) is 5.75 Å². The second kappa shape index (κ2) is 5.58. The van der Waals surface area contributed by atoms with Crippen LogP contribution in [0.4, 0.5) is 5.69 Å². The van der Waals surface area contributed by atoms with Crippen molar-refractivity contribution in [3.05, 3.63) is 51.8 Å². The van der Waals surface area contributed by atoms with Gasteiger partial charge in [0.2, 0.25) is 0 Å². The predicted molar refractivity (Wildman–Crippen MR) is 74.6 cm³/mol. The molecule has 1 heterocycles. The topological polar surface area (TPSA) is 103 Å². The number of aryl methyl sites for hydroxylation is 1. The molecule has 0 amide bonds. The van der Waals surface area contributed by atoms with Crippen LogP contribution in [0.25, 0.3) is 11.1 Å². The molecule has 2 aromatic rings. The number of carboxylic acid groups (broad SMARTS) is 1. The molecule has 0 unspecified atom stereocenters. The van der Waals surface area contributed by atoms with Crippen molar-refractivity contribution in [3.63, 3.8) is 0 Å². The molecule has 1 aromatic carbocycles. The van der Waals surface area contributed by atoms with E-state index in [-0.39, 0.29) is 11.3 Å². The van der Waals surface area contributed by atoms with E-state index in [9.17, 15) is 20.0 Å². The van der Waals surface area contributed by atoms with Crippen LogP contribution in [-0.2, 0) is 0 Å². The summed E-state index contributed by atoms with van der Waals surface area (Å²) in [7, 11) is 1.42. The number of hydrogen-bond donors (Lipinski definition) is 1. The third-order valence-electron chi connectivity index (χ3n) is 2.96. The van der Waals surface area contributed by atoms with Crippen LogP contribution in [0, 0.1) is 17.0 Å². The van der Waals surface area contributed by atoms with Crippen molar-refractivity contribution >= 4 is 11.7 Å². The van der Waals surface area contributed by atoms with Crippen molar-refractivity contribution in [2.75, 3.05) is 7.11 Å². The van der Waals surface area contributed by atoms with Crippen LogP contribution in [0.5, 0.6) is 5.75 Å². The number of carboxylic acids is 1. The van der Waals surface area contributed by atoms with Crippen molar-refractivity contribution in [2.45, 2.75) is 6.92 Å². The van der Waals surface area contributed by atoms with E-state index < -0.39 is 10.9 Å². The van der Waals surface area contributed by atoms with Gasteiger partial charge in [-0.1, -0.05) is 0 Å². The zero-order chi connectivity index (χ0) is 15.6. The van der Waals surface area contributed by atoms with Gasteiger partial charge >= 0.3 is 5.97 Å². The Labute approximate surface area is 120 Å². The maximum Gasteiger partial charge on any atom is 0.337 e. The fourth-order valence-electron chi connectivity index (χ4n) is 1.97. The number of aromatic nitrogens is 1. The molecule has 108 valence electrons. The van der Waals surface area contributed by atoms with Crippen LogP contribution < -0.4 is 4.74 Å². The SMILES string of the molecule is COc1ccc([N+](=O)[O-])cc1-c1cc(C)ncc1C(=O)O. The van der Waals surface area contributed by atoms with E-state index in [1.165, 1.54) is 31.5 Å². The van der Waals surface area contributed by atoms with Gasteiger partial charge in [-0.15, -0.1) is 0 Å². The largest absolute Gasteiger partial charge is 0.496 e. The van der Waals surface area contributed by atoms with Crippen LogP contribution in [-0.4, -0.2) is 28.1 Å². The molecule has 2 rings (SSSR count). The number of hydrogen-bond acceptors (Lipinski definition) is 5. The Hall–Kier alpha value is -2.96. The normalized spacial score (nSPS) is 10.2. The van der Waals surface area contributed by atoms with E-state index in [0.717, 1.165) is 0 Å². The molecule has 0 bridgehead atoms. The number of rotatable bonds is 4. The molecule has 0 radical (unpaired) electrons. The first-order valence-corrected chi connectivity index (χ1v) is 5.96. The number of nitrogens with zero attached hydrogens (tertiary/aromatic N) is 2. The van der Waals surface area contributed by atoms with Crippen molar-refractivity contribution in [1.29, 1.82) is 0 Å². The maximum atomic E-state index is 11.3. The summed E-state index contributed by atoms with van der Waals surface area (Å²) in [4.78, 5) is 25.6. The highest BCUT2D eigenvalue weighted by molar-refractivity contribution is 5.97. The third kappa shape index (κ3) is 2.81. The second-order valence-electron chi connectivity index (χ2n) is 4.32. The number of aromatic carboxylic acids is 1. The lowest BCUT2D eigenvalue weighted by molar-refractivity contribution is -0.384. The molecule has 21 heavy (non-hydrogen) atoms. The minimum atomic E-state index is -1.16. The highest BCUT2D eigenvalue weighted by atomic mass is 16.6. The molecule has 0 aliphatic rings. The standard InChI is InChI=1S/C14H12N2O5/c1-8-5-10(12(7-15-8)14(17)18)11-6-9(16(19)20)3-4-13(11)21-2/h3-7H,1-2H3,(H,17,18). The first kappa shape index (κ1) is 14.4. The van der Waals surface area contributed by atoms with Crippen molar-refractivity contribution < 1.29 is 19.6 Å². The minimum Gasteiger partial charge on any atom is -0.496 e. The Morgan fingerprint density at radius 3 is 2.62 bits per heavy atom. The number of methoxy groups -OCH3 is 1. The molecular formula is C14H12N2O5. The van der Waals surface area contributed by atoms with Crippen LogP contribution in [0.1, 0.15) is 16.1 Å². The first-order valence-electron chi connectivity index (χ1n) is 5.96. The monoisotopic (exact) mass is 288 g/mol. The number of nitro benzene ring substituents is 1. The summed E-state index contributed by atoms with van der Waals surface area (Å²) in [5, 5.41) is 20.2. The summed E-state index contributed by atoms with van der Waals surface area (Å²) in [5.74, 6) is -0.806. The Bertz CT molecular complexity index is 727. The van der Waals surface area contributed by atoms with Crippen molar-refractivity contribution in [1.82, 2.24) is 4.98 Å². The maximum absolute atomic E-state index is 11.3. The fourth-order valence-corrected chi connectivity index (χ4v) is 1.97. The molecule has 0 atom stereocenters. The second-order valence-corrected chi connectivity index (χ2v) is 4.32. The smallest absolute Gasteiger partial charge is 0.337 e. The zero-order valence-corrected chi connectivity index (χ0v) is 11.4. The van der Waals surface area contributed by atoms with E-state index in [2.05, 4.69) is 4.98 Å². The van der Waals surface area contributed by atoms with Crippen LogP contribution in [0.2, 0.25) is 0 Å². The van der Waals surface area contributed by atoms with Crippen molar-refractivity contribution in [3.8, 4) is 16.9 Å². The van der Waals surface area contributed by atoms with Gasteiger partial charge in [-0.05, 0) is 19.1 Å². The quantitative estimate of drug-likeness (QED) is 0.685. The number of non-ortho nitro benzene ring substituents is 1. The molecule has 7 nitrogen and oxygen atoms in total. The summed E-state index contributed by atoms with van der Waals surface area (Å²) in [5.41, 5.74) is 1.09. The number of carbonyl (C=O) groups is 1. The molecule has 0 spiro atoms. The zero-order valence-electron chi connectivity index (χ0n) is 11.4. The van der Waals surface area contributed by atoms with E-state index in [1.807, 2.05) is 0 Å². The lowest BCUT2D eigenvalue weighted by atomic mass is 9.99. The predicted octanol–water partition coefficient (Wildman–Crippen LogP) is 2.67. The van der Waals surface area contributed by atoms with Gasteiger partial charge in [0.25, 0.3) is 5.69 Å². The molecule has 0 saturated heterocycles. The molecule has 1 N–H and O–H groups in total. The van der Waals surface area contributed by atoms with Gasteiger partial charge in [0, 0.05) is 35.2 Å². The van der Waals surface area contributed by atoms with Gasteiger partial charge in [-0.25, -0.2) is 4.79 Å². The Balaban J connectivity index is 2.75. The number of benzene rings is 1. The average Bonchev–Trinajstić information content (AvgIpc) is 2.46. The lowest BCUT2D eigenvalue weighted by Crippen LogP contribution is -2.03. The van der Waals surface area contributed by atoms with E-state index in [1.54, 1.807) is 13.0 Å². The van der Waals surface area contributed by atoms with Gasteiger partial charge in [0.15, 0.2) is 0 Å². The number of pyridine rings is 1. The molecule has 0 aliphatic carbocycles. The Kier molecular flexibility index (Phi) is 3.84. The summed E-state index contributed by atoms with van der Waals surface area (Å²) in [6, 6.07) is 5.59. The summed E-state index contributed by atoms with van der Waals surface area (Å²) in [6.07, 6.45) is 1.23. The van der Waals surface area contributed by atoms with Gasteiger partial charge in [-0.2, -0.15) is 0 Å². The Morgan fingerprint density at radius 2 is 2.05 bits per heavy atom. The van der Waals surface area contributed by atoms with Gasteiger partial charge in [0.05, 0.1) is 17.6 Å². The first-order chi connectivity index (χ1) is 9.93. The van der Waals surface area contributed by atoms with Crippen LogP contribution in [0.3, 0.4) is 0 Å². The van der Waals surface area contributed by atoms with Gasteiger partial charge in [-0.3, -0.25) is 15.1 Å². The highest BCUT2D eigenvalue weighted by Crippen LogP contribution is 2.35. The minimum absolute atomic E-state index is 0.0422. The van der Waals surface area contributed by atoms with Gasteiger partial charge < -0.3 is 9.84 Å². The number of nitro groups is 1. The third-order valence-corrected chi connectivity index (χ3v) is 2.96. The molecule has 0 fully saturated rings. The Morgan fingerprint density at radius 1 is 1.33 bits per heavy atom. The summed E-state index contributed by atoms with van der Waals surface area (Å²) in [6.45, 7) is 1.71. The molecule has 0 aliphatic heterocycles.